The molecule has 2 aliphatic rings. The minimum Gasteiger partial charge on any atom is -0.360 e. The van der Waals surface area contributed by atoms with Crippen molar-refractivity contribution in [3.05, 3.63) is 77.3 Å². The van der Waals surface area contributed by atoms with E-state index in [1.165, 1.54) is 11.8 Å². The molecule has 1 amide bonds. The van der Waals surface area contributed by atoms with Crippen molar-refractivity contribution in [2.45, 2.75) is 12.2 Å². The summed E-state index contributed by atoms with van der Waals surface area (Å²) in [5, 5.41) is 14.2. The molecule has 2 aromatic rings. The van der Waals surface area contributed by atoms with Gasteiger partial charge in [0.1, 0.15) is 6.17 Å². The van der Waals surface area contributed by atoms with Crippen LogP contribution in [0.1, 0.15) is 23.3 Å². The van der Waals surface area contributed by atoms with Crippen LogP contribution < -0.4 is 10.6 Å². The number of hydrazone groups is 1. The maximum atomic E-state index is 12.9. The van der Waals surface area contributed by atoms with Gasteiger partial charge in [-0.05, 0) is 23.8 Å². The quantitative estimate of drug-likeness (QED) is 0.781. The van der Waals surface area contributed by atoms with Crippen LogP contribution in [0.3, 0.4) is 0 Å². The number of benzene rings is 2. The molecule has 0 spiro atoms. The van der Waals surface area contributed by atoms with Crippen molar-refractivity contribution in [3.63, 3.8) is 0 Å². The molecule has 0 saturated heterocycles. The van der Waals surface area contributed by atoms with Crippen LogP contribution in [-0.2, 0) is 4.79 Å². The molecule has 0 aliphatic carbocycles. The number of amides is 1. The summed E-state index contributed by atoms with van der Waals surface area (Å²) in [6, 6.07) is 14.9. The van der Waals surface area contributed by atoms with Gasteiger partial charge in [0.25, 0.3) is 5.91 Å². The van der Waals surface area contributed by atoms with Gasteiger partial charge in [0.05, 0.1) is 0 Å². The second-order valence-corrected chi connectivity index (χ2v) is 7.41. The Morgan fingerprint density at radius 1 is 1.23 bits per heavy atom. The zero-order valence-corrected chi connectivity index (χ0v) is 15.4. The van der Waals surface area contributed by atoms with Crippen molar-refractivity contribution in [2.24, 2.45) is 5.10 Å². The molecule has 0 aromatic heterocycles. The highest BCUT2D eigenvalue weighted by molar-refractivity contribution is 8.14. The highest BCUT2D eigenvalue weighted by Crippen LogP contribution is 2.42. The average molecular weight is 385 g/mol. The van der Waals surface area contributed by atoms with Gasteiger partial charge in [-0.3, -0.25) is 9.80 Å². The maximum absolute atomic E-state index is 12.9. The number of hydrogen-bond donors (Lipinski definition) is 2. The van der Waals surface area contributed by atoms with Gasteiger partial charge >= 0.3 is 0 Å². The molecule has 0 fully saturated rings. The Labute approximate surface area is 161 Å². The largest absolute Gasteiger partial charge is 0.360 e. The zero-order chi connectivity index (χ0) is 18.1. The predicted molar refractivity (Wildman–Crippen MR) is 107 cm³/mol. The van der Waals surface area contributed by atoms with Crippen molar-refractivity contribution < 1.29 is 4.79 Å². The van der Waals surface area contributed by atoms with E-state index >= 15 is 0 Å². The minimum absolute atomic E-state index is 0.0838. The lowest BCUT2D eigenvalue weighted by Crippen LogP contribution is -2.50. The Bertz CT molecular complexity index is 883. The Balaban J connectivity index is 1.79. The summed E-state index contributed by atoms with van der Waals surface area (Å²) >= 11 is 7.48. The van der Waals surface area contributed by atoms with Gasteiger partial charge in [0.15, 0.2) is 11.2 Å². The third-order valence-electron chi connectivity index (χ3n) is 4.29. The first kappa shape index (κ1) is 17.0. The van der Waals surface area contributed by atoms with Crippen LogP contribution in [-0.4, -0.2) is 21.8 Å². The summed E-state index contributed by atoms with van der Waals surface area (Å²) in [5.41, 5.74) is 2.83. The Hall–Kier alpha value is -2.44. The van der Waals surface area contributed by atoms with Crippen LogP contribution in [0.2, 0.25) is 5.02 Å². The van der Waals surface area contributed by atoms with Crippen LogP contribution in [0.5, 0.6) is 0 Å². The molecule has 0 unspecified atom stereocenters. The van der Waals surface area contributed by atoms with E-state index in [0.29, 0.717) is 15.9 Å². The lowest BCUT2D eigenvalue weighted by Gasteiger charge is -2.43. The lowest BCUT2D eigenvalue weighted by molar-refractivity contribution is -0.127. The van der Waals surface area contributed by atoms with E-state index in [0.717, 1.165) is 16.8 Å². The first-order chi connectivity index (χ1) is 12.7. The van der Waals surface area contributed by atoms with Gasteiger partial charge in [-0.15, -0.1) is 11.7 Å². The first-order valence-corrected chi connectivity index (χ1v) is 9.56. The van der Waals surface area contributed by atoms with Gasteiger partial charge < -0.3 is 10.6 Å². The van der Waals surface area contributed by atoms with Crippen LogP contribution in [0.25, 0.3) is 0 Å². The Kier molecular flexibility index (Phi) is 4.61. The van der Waals surface area contributed by atoms with Gasteiger partial charge in [-0.1, -0.05) is 59.8 Å². The van der Waals surface area contributed by atoms with E-state index in [9.17, 15) is 4.79 Å². The summed E-state index contributed by atoms with van der Waals surface area (Å²) < 4.78 is 0. The predicted octanol–water partition coefficient (Wildman–Crippen LogP) is 4.13. The summed E-state index contributed by atoms with van der Waals surface area (Å²) in [4.78, 5) is 12.9. The average Bonchev–Trinajstić information content (AvgIpc) is 2.66. The Morgan fingerprint density at radius 3 is 2.77 bits per heavy atom. The number of carbonyl (C=O) groups excluding carboxylic acids is 1. The number of hydrogen-bond acceptors (Lipinski definition) is 5. The molecule has 2 heterocycles. The molecule has 7 heteroatoms. The van der Waals surface area contributed by atoms with Gasteiger partial charge in [-0.25, -0.2) is 0 Å². The highest BCUT2D eigenvalue weighted by atomic mass is 35.5. The molecular formula is C19H17ClN4OS. The zero-order valence-electron chi connectivity index (χ0n) is 13.9. The van der Waals surface area contributed by atoms with Gasteiger partial charge in [-0.2, -0.15) is 0 Å². The topological polar surface area (TPSA) is 56.7 Å². The standard InChI is InChI=1S/C19H17ClN4OS/c1-2-11-26-19-22-18(25)16-14-5-3-4-6-15(14)21-17(24(16)23-19)12-7-9-13(20)10-8-12/h2-10,16-17,21H,1,11H2,(H,22,23,25)/t16-,17+/m1/s1. The molecule has 26 heavy (non-hydrogen) atoms. The van der Waals surface area contributed by atoms with E-state index in [1.807, 2.05) is 53.5 Å². The number of nitrogens with one attached hydrogen (secondary N) is 2. The fourth-order valence-corrected chi connectivity index (χ4v) is 3.86. The van der Waals surface area contributed by atoms with E-state index in [4.69, 9.17) is 16.7 Å². The van der Waals surface area contributed by atoms with Crippen molar-refractivity contribution >= 4 is 40.1 Å². The fourth-order valence-electron chi connectivity index (χ4n) is 3.14. The number of thioether (sulfide) groups is 1. The van der Waals surface area contributed by atoms with Crippen LogP contribution in [0.4, 0.5) is 5.69 Å². The summed E-state index contributed by atoms with van der Waals surface area (Å²) in [7, 11) is 0. The first-order valence-electron chi connectivity index (χ1n) is 8.20. The van der Waals surface area contributed by atoms with Crippen molar-refractivity contribution in [3.8, 4) is 0 Å². The van der Waals surface area contributed by atoms with Crippen molar-refractivity contribution in [1.29, 1.82) is 0 Å². The van der Waals surface area contributed by atoms with Crippen LogP contribution in [0.15, 0.2) is 66.3 Å². The second kappa shape index (κ2) is 7.05. The third kappa shape index (κ3) is 3.06. The molecule has 4 rings (SSSR count). The SMILES string of the molecule is C=CCSC1=NN2[C@@H](c3ccc(Cl)cc3)Nc3ccccc3[C@@H]2C(=O)N1. The number of halogens is 1. The van der Waals surface area contributed by atoms with E-state index < -0.39 is 6.04 Å². The Morgan fingerprint density at radius 2 is 2.00 bits per heavy atom. The number of carbonyl (C=O) groups is 1. The minimum atomic E-state index is -0.485. The molecule has 2 N–H and O–H groups in total. The number of amidine groups is 1. The molecule has 5 nitrogen and oxygen atoms in total. The third-order valence-corrected chi connectivity index (χ3v) is 5.40. The normalized spacial score (nSPS) is 21.0. The summed E-state index contributed by atoms with van der Waals surface area (Å²) in [6.45, 7) is 3.72. The van der Waals surface area contributed by atoms with E-state index in [2.05, 4.69) is 17.2 Å². The molecular weight excluding hydrogens is 368 g/mol. The molecule has 2 atom stereocenters. The van der Waals surface area contributed by atoms with Gasteiger partial charge in [0.2, 0.25) is 0 Å². The monoisotopic (exact) mass is 384 g/mol. The molecule has 0 saturated carbocycles. The molecule has 2 aliphatic heterocycles. The van der Waals surface area contributed by atoms with Crippen LogP contribution in [0, 0.1) is 0 Å². The summed E-state index contributed by atoms with van der Waals surface area (Å²) in [6.07, 6.45) is 1.52. The van der Waals surface area contributed by atoms with Crippen molar-refractivity contribution in [2.75, 3.05) is 11.1 Å². The lowest BCUT2D eigenvalue weighted by atomic mass is 9.97. The smallest absolute Gasteiger partial charge is 0.255 e. The van der Waals surface area contributed by atoms with E-state index in [-0.39, 0.29) is 12.1 Å². The molecule has 0 radical (unpaired) electrons. The van der Waals surface area contributed by atoms with Gasteiger partial charge in [0, 0.05) is 22.0 Å². The highest BCUT2D eigenvalue weighted by Gasteiger charge is 2.41. The maximum Gasteiger partial charge on any atom is 0.255 e. The fraction of sp³-hybridized carbons (Fsp3) is 0.158. The number of rotatable bonds is 3. The van der Waals surface area contributed by atoms with Crippen LogP contribution >= 0.6 is 23.4 Å². The number of para-hydroxylation sites is 1. The number of nitrogens with zero attached hydrogens (tertiary/aromatic N) is 2. The van der Waals surface area contributed by atoms with Crippen molar-refractivity contribution in [1.82, 2.24) is 10.3 Å². The summed E-state index contributed by atoms with van der Waals surface area (Å²) in [5.74, 6) is 0.590. The van der Waals surface area contributed by atoms with E-state index in [1.54, 1.807) is 6.08 Å². The molecule has 0 bridgehead atoms. The molecule has 132 valence electrons. The number of anilines is 1. The second-order valence-electron chi connectivity index (χ2n) is 5.96. The number of fused-ring (bicyclic) bond motifs is 3. The molecule has 2 aromatic carbocycles.